The van der Waals surface area contributed by atoms with E-state index in [1.54, 1.807) is 13.4 Å². The molecule has 8 heteroatoms. The molecule has 2 aromatic heterocycles. The van der Waals surface area contributed by atoms with Gasteiger partial charge in [-0.2, -0.15) is 0 Å². The summed E-state index contributed by atoms with van der Waals surface area (Å²) in [6.45, 7) is 4.26. The Bertz CT molecular complexity index is 892. The Labute approximate surface area is 162 Å². The Hall–Kier alpha value is -2.58. The Kier molecular flexibility index (Phi) is 6.31. The maximum atomic E-state index is 12.2. The monoisotopic (exact) mass is 386 g/mol. The smallest absolute Gasteiger partial charge is 0.230 e. The van der Waals surface area contributed by atoms with E-state index in [1.165, 1.54) is 11.8 Å². The van der Waals surface area contributed by atoms with Gasteiger partial charge in [-0.1, -0.05) is 30.0 Å². The number of aromatic nitrogens is 3. The number of hydrogen-bond acceptors (Lipinski definition) is 6. The molecule has 1 amide bonds. The SMILES string of the molecule is COCC(C)NC(=O)CSc1nnc(-c2ccoc2C)n1-c1ccccc1. The van der Waals surface area contributed by atoms with E-state index >= 15 is 0 Å². The Morgan fingerprint density at radius 1 is 1.30 bits per heavy atom. The summed E-state index contributed by atoms with van der Waals surface area (Å²) in [6, 6.07) is 11.6. The topological polar surface area (TPSA) is 82.2 Å². The predicted molar refractivity (Wildman–Crippen MR) is 104 cm³/mol. The largest absolute Gasteiger partial charge is 0.469 e. The number of nitrogens with zero attached hydrogens (tertiary/aromatic N) is 3. The number of rotatable bonds is 8. The van der Waals surface area contributed by atoms with E-state index in [1.807, 2.05) is 54.8 Å². The first-order valence-corrected chi connectivity index (χ1v) is 9.55. The van der Waals surface area contributed by atoms with E-state index < -0.39 is 0 Å². The molecule has 0 bridgehead atoms. The van der Waals surface area contributed by atoms with Gasteiger partial charge in [0.1, 0.15) is 5.76 Å². The van der Waals surface area contributed by atoms with E-state index in [0.717, 1.165) is 17.0 Å². The van der Waals surface area contributed by atoms with Gasteiger partial charge in [0.2, 0.25) is 5.91 Å². The minimum atomic E-state index is -0.0757. The highest BCUT2D eigenvalue weighted by Crippen LogP contribution is 2.30. The van der Waals surface area contributed by atoms with Crippen molar-refractivity contribution < 1.29 is 13.9 Å². The third-order valence-electron chi connectivity index (χ3n) is 3.90. The average Bonchev–Trinajstić information content (AvgIpc) is 3.26. The second-order valence-electron chi connectivity index (χ2n) is 6.08. The molecule has 1 aromatic carbocycles. The fourth-order valence-corrected chi connectivity index (χ4v) is 3.47. The molecule has 7 nitrogen and oxygen atoms in total. The number of benzene rings is 1. The van der Waals surface area contributed by atoms with Crippen LogP contribution in [0.3, 0.4) is 0 Å². The van der Waals surface area contributed by atoms with Crippen molar-refractivity contribution >= 4 is 17.7 Å². The molecule has 2 heterocycles. The molecule has 0 saturated carbocycles. The molecular formula is C19H22N4O3S. The predicted octanol–water partition coefficient (Wildman–Crippen LogP) is 3.08. The van der Waals surface area contributed by atoms with E-state index in [9.17, 15) is 4.79 Å². The highest BCUT2D eigenvalue weighted by atomic mass is 32.2. The summed E-state index contributed by atoms with van der Waals surface area (Å²) in [6.07, 6.45) is 1.63. The Balaban J connectivity index is 1.85. The van der Waals surface area contributed by atoms with E-state index in [4.69, 9.17) is 9.15 Å². The van der Waals surface area contributed by atoms with Gasteiger partial charge in [0.25, 0.3) is 0 Å². The number of furan rings is 1. The lowest BCUT2D eigenvalue weighted by molar-refractivity contribution is -0.119. The normalized spacial score (nSPS) is 12.1. The van der Waals surface area contributed by atoms with Crippen LogP contribution in [0.15, 0.2) is 52.2 Å². The average molecular weight is 386 g/mol. The number of carbonyl (C=O) groups excluding carboxylic acids is 1. The molecular weight excluding hydrogens is 364 g/mol. The molecule has 0 aliphatic carbocycles. The third kappa shape index (κ3) is 4.58. The lowest BCUT2D eigenvalue weighted by Gasteiger charge is -2.13. The molecule has 1 N–H and O–H groups in total. The molecule has 27 heavy (non-hydrogen) atoms. The lowest BCUT2D eigenvalue weighted by atomic mass is 10.2. The van der Waals surface area contributed by atoms with Gasteiger partial charge in [-0.3, -0.25) is 9.36 Å². The number of para-hydroxylation sites is 1. The standard InChI is InChI=1S/C19H22N4O3S/c1-13(11-25-3)20-17(24)12-27-19-22-21-18(16-9-10-26-14(16)2)23(19)15-7-5-4-6-8-15/h4-10,13H,11-12H2,1-3H3,(H,20,24). The molecule has 3 aromatic rings. The zero-order chi connectivity index (χ0) is 19.2. The summed E-state index contributed by atoms with van der Waals surface area (Å²) < 4.78 is 12.4. The molecule has 0 saturated heterocycles. The van der Waals surface area contributed by atoms with Crippen molar-refractivity contribution in [1.82, 2.24) is 20.1 Å². The van der Waals surface area contributed by atoms with Crippen LogP contribution in [-0.2, 0) is 9.53 Å². The number of hydrogen-bond donors (Lipinski definition) is 1. The first-order chi connectivity index (χ1) is 13.1. The van der Waals surface area contributed by atoms with Crippen molar-refractivity contribution in [3.8, 4) is 17.1 Å². The first kappa shape index (κ1) is 19.2. The van der Waals surface area contributed by atoms with Gasteiger partial charge in [-0.15, -0.1) is 10.2 Å². The van der Waals surface area contributed by atoms with Crippen molar-refractivity contribution in [2.24, 2.45) is 0 Å². The van der Waals surface area contributed by atoms with Crippen LogP contribution >= 0.6 is 11.8 Å². The summed E-state index contributed by atoms with van der Waals surface area (Å²) in [7, 11) is 1.61. The van der Waals surface area contributed by atoms with Crippen LogP contribution in [0.5, 0.6) is 0 Å². The van der Waals surface area contributed by atoms with Gasteiger partial charge in [0, 0.05) is 18.8 Å². The number of amides is 1. The van der Waals surface area contributed by atoms with Crippen molar-refractivity contribution in [3.05, 3.63) is 48.4 Å². The zero-order valence-electron chi connectivity index (χ0n) is 15.5. The second-order valence-corrected chi connectivity index (χ2v) is 7.02. The molecule has 0 spiro atoms. The van der Waals surface area contributed by atoms with Crippen molar-refractivity contribution in [1.29, 1.82) is 0 Å². The molecule has 142 valence electrons. The fourth-order valence-electron chi connectivity index (χ4n) is 2.70. The number of ether oxygens (including phenoxy) is 1. The Morgan fingerprint density at radius 3 is 2.74 bits per heavy atom. The molecule has 0 radical (unpaired) electrons. The summed E-state index contributed by atoms with van der Waals surface area (Å²) >= 11 is 1.34. The fraction of sp³-hybridized carbons (Fsp3) is 0.316. The van der Waals surface area contributed by atoms with Gasteiger partial charge in [0.05, 0.1) is 24.2 Å². The maximum Gasteiger partial charge on any atom is 0.230 e. The number of nitrogens with one attached hydrogen (secondary N) is 1. The van der Waals surface area contributed by atoms with Crippen LogP contribution < -0.4 is 5.32 Å². The van der Waals surface area contributed by atoms with Crippen LogP contribution in [0, 0.1) is 6.92 Å². The molecule has 0 fully saturated rings. The highest BCUT2D eigenvalue weighted by molar-refractivity contribution is 7.99. The van der Waals surface area contributed by atoms with E-state index in [-0.39, 0.29) is 17.7 Å². The summed E-state index contributed by atoms with van der Waals surface area (Å²) in [5, 5.41) is 12.2. The summed E-state index contributed by atoms with van der Waals surface area (Å²) in [5.74, 6) is 1.61. The van der Waals surface area contributed by atoms with Crippen LogP contribution in [-0.4, -0.2) is 46.2 Å². The van der Waals surface area contributed by atoms with E-state index in [2.05, 4.69) is 15.5 Å². The highest BCUT2D eigenvalue weighted by Gasteiger charge is 2.19. The number of methoxy groups -OCH3 is 1. The minimum absolute atomic E-state index is 0.0424. The lowest BCUT2D eigenvalue weighted by Crippen LogP contribution is -2.36. The first-order valence-electron chi connectivity index (χ1n) is 8.56. The molecule has 0 aliphatic rings. The number of carbonyl (C=O) groups is 1. The summed E-state index contributed by atoms with van der Waals surface area (Å²) in [4.78, 5) is 12.2. The van der Waals surface area contributed by atoms with Crippen LogP contribution in [0.1, 0.15) is 12.7 Å². The van der Waals surface area contributed by atoms with Crippen molar-refractivity contribution in [3.63, 3.8) is 0 Å². The van der Waals surface area contributed by atoms with Gasteiger partial charge < -0.3 is 14.5 Å². The molecule has 1 unspecified atom stereocenters. The molecule has 1 atom stereocenters. The van der Waals surface area contributed by atoms with E-state index in [0.29, 0.717) is 17.6 Å². The number of aryl methyl sites for hydroxylation is 1. The maximum absolute atomic E-state index is 12.2. The van der Waals surface area contributed by atoms with Gasteiger partial charge in [-0.05, 0) is 32.0 Å². The summed E-state index contributed by atoms with van der Waals surface area (Å²) in [5.41, 5.74) is 1.80. The minimum Gasteiger partial charge on any atom is -0.469 e. The van der Waals surface area contributed by atoms with Crippen molar-refractivity contribution in [2.75, 3.05) is 19.5 Å². The van der Waals surface area contributed by atoms with Gasteiger partial charge >= 0.3 is 0 Å². The van der Waals surface area contributed by atoms with Crippen molar-refractivity contribution in [2.45, 2.75) is 25.0 Å². The van der Waals surface area contributed by atoms with Crippen LogP contribution in [0.25, 0.3) is 17.1 Å². The third-order valence-corrected chi connectivity index (χ3v) is 4.83. The molecule has 0 aliphatic heterocycles. The van der Waals surface area contributed by atoms with Gasteiger partial charge in [0.15, 0.2) is 11.0 Å². The Morgan fingerprint density at radius 2 is 2.07 bits per heavy atom. The molecule has 3 rings (SSSR count). The zero-order valence-corrected chi connectivity index (χ0v) is 16.3. The number of thioether (sulfide) groups is 1. The van der Waals surface area contributed by atoms with Crippen LogP contribution in [0.2, 0.25) is 0 Å². The quantitative estimate of drug-likeness (QED) is 0.599. The van der Waals surface area contributed by atoms with Gasteiger partial charge in [-0.25, -0.2) is 0 Å². The second kappa shape index (κ2) is 8.88. The van der Waals surface area contributed by atoms with Crippen LogP contribution in [0.4, 0.5) is 0 Å².